The SMILES string of the molecule is NN1C(=O)C(c2ccccc2)(c2ccccc2)CSC1=S. The molecule has 3 nitrogen and oxygen atoms in total. The molecule has 0 aliphatic carbocycles. The molecule has 0 radical (unpaired) electrons. The van der Waals surface area contributed by atoms with E-state index in [0.717, 1.165) is 16.1 Å². The van der Waals surface area contributed by atoms with Gasteiger partial charge in [-0.15, -0.1) is 0 Å². The lowest BCUT2D eigenvalue weighted by Gasteiger charge is -2.40. The van der Waals surface area contributed by atoms with Gasteiger partial charge in [0.15, 0.2) is 4.32 Å². The van der Waals surface area contributed by atoms with Gasteiger partial charge in [0.2, 0.25) is 0 Å². The van der Waals surface area contributed by atoms with Crippen molar-refractivity contribution in [2.45, 2.75) is 5.41 Å². The minimum atomic E-state index is -0.787. The number of carbonyl (C=O) groups is 1. The number of thiocarbonyl (C=S) groups is 1. The van der Waals surface area contributed by atoms with Crippen LogP contribution in [0.4, 0.5) is 0 Å². The summed E-state index contributed by atoms with van der Waals surface area (Å²) in [5.41, 5.74) is 1.09. The smallest absolute Gasteiger partial charge is 0.258 e. The number of rotatable bonds is 2. The van der Waals surface area contributed by atoms with Crippen LogP contribution in [0.1, 0.15) is 11.1 Å². The van der Waals surface area contributed by atoms with Gasteiger partial charge in [0.25, 0.3) is 5.91 Å². The number of carbonyl (C=O) groups excluding carboxylic acids is 1. The first kappa shape index (κ1) is 14.3. The van der Waals surface area contributed by atoms with Crippen molar-refractivity contribution in [1.82, 2.24) is 5.01 Å². The summed E-state index contributed by atoms with van der Waals surface area (Å²) < 4.78 is 0.419. The van der Waals surface area contributed by atoms with Crippen LogP contribution >= 0.6 is 24.0 Å². The third-order valence-electron chi connectivity index (χ3n) is 3.73. The van der Waals surface area contributed by atoms with Crippen LogP contribution in [0.25, 0.3) is 0 Å². The highest BCUT2D eigenvalue weighted by molar-refractivity contribution is 8.23. The number of amides is 1. The molecule has 1 amide bonds. The molecule has 2 aromatic carbocycles. The second-order valence-corrected chi connectivity index (χ2v) is 6.48. The Labute approximate surface area is 133 Å². The summed E-state index contributed by atoms with van der Waals surface area (Å²) in [5, 5.41) is 1.10. The highest BCUT2D eigenvalue weighted by Gasteiger charge is 2.48. The molecule has 1 aliphatic heterocycles. The summed E-state index contributed by atoms with van der Waals surface area (Å²) in [6.45, 7) is 0. The van der Waals surface area contributed by atoms with E-state index >= 15 is 0 Å². The standard InChI is InChI=1S/C16H14N2OS2/c17-18-14(19)16(11-21-15(18)20,12-7-3-1-4-8-12)13-9-5-2-6-10-13/h1-10H,11,17H2. The van der Waals surface area contributed by atoms with E-state index in [1.807, 2.05) is 60.7 Å². The third kappa shape index (κ3) is 2.27. The zero-order valence-corrected chi connectivity index (χ0v) is 12.9. The summed E-state index contributed by atoms with van der Waals surface area (Å²) in [7, 11) is 0. The van der Waals surface area contributed by atoms with E-state index in [1.54, 1.807) is 0 Å². The van der Waals surface area contributed by atoms with Gasteiger partial charge in [-0.05, 0) is 11.1 Å². The second-order valence-electron chi connectivity index (χ2n) is 4.87. The maximum absolute atomic E-state index is 13.0. The lowest BCUT2D eigenvalue weighted by Crippen LogP contribution is -2.57. The molecule has 5 heteroatoms. The molecule has 2 aromatic rings. The highest BCUT2D eigenvalue weighted by atomic mass is 32.2. The molecule has 1 saturated heterocycles. The molecule has 0 bridgehead atoms. The average molecular weight is 314 g/mol. The number of hydrogen-bond acceptors (Lipinski definition) is 4. The Bertz CT molecular complexity index is 634. The molecule has 3 rings (SSSR count). The molecule has 21 heavy (non-hydrogen) atoms. The Hall–Kier alpha value is -1.69. The first-order chi connectivity index (χ1) is 10.2. The van der Waals surface area contributed by atoms with Crippen LogP contribution in [0.3, 0.4) is 0 Å². The van der Waals surface area contributed by atoms with E-state index in [2.05, 4.69) is 0 Å². The number of nitrogens with zero attached hydrogens (tertiary/aromatic N) is 1. The van der Waals surface area contributed by atoms with E-state index in [0.29, 0.717) is 10.1 Å². The first-order valence-corrected chi connectivity index (χ1v) is 7.93. The van der Waals surface area contributed by atoms with Crippen molar-refractivity contribution < 1.29 is 4.79 Å². The fourth-order valence-electron chi connectivity index (χ4n) is 2.62. The number of thioether (sulfide) groups is 1. The first-order valence-electron chi connectivity index (χ1n) is 6.53. The maximum atomic E-state index is 13.0. The molecule has 1 aliphatic rings. The predicted octanol–water partition coefficient (Wildman–Crippen LogP) is 2.71. The summed E-state index contributed by atoms with van der Waals surface area (Å²) in [6.07, 6.45) is 0. The normalized spacial score (nSPS) is 17.9. The largest absolute Gasteiger partial charge is 0.272 e. The van der Waals surface area contributed by atoms with Crippen LogP contribution in [0, 0.1) is 0 Å². The fourth-order valence-corrected chi connectivity index (χ4v) is 3.89. The van der Waals surface area contributed by atoms with Crippen molar-refractivity contribution in [2.75, 3.05) is 5.75 Å². The third-order valence-corrected chi connectivity index (χ3v) is 5.30. The van der Waals surface area contributed by atoms with Gasteiger partial charge in [-0.25, -0.2) is 10.9 Å². The molecule has 1 fully saturated rings. The Morgan fingerprint density at radius 1 is 1.00 bits per heavy atom. The molecule has 0 spiro atoms. The summed E-state index contributed by atoms with van der Waals surface area (Å²) in [5.74, 6) is 6.28. The molecule has 0 atom stereocenters. The van der Waals surface area contributed by atoms with Gasteiger partial charge < -0.3 is 0 Å². The van der Waals surface area contributed by atoms with Crippen LogP contribution in [-0.4, -0.2) is 21.0 Å². The van der Waals surface area contributed by atoms with E-state index in [9.17, 15) is 4.79 Å². The van der Waals surface area contributed by atoms with Crippen LogP contribution in [-0.2, 0) is 10.2 Å². The van der Waals surface area contributed by atoms with Crippen molar-refractivity contribution in [3.05, 3.63) is 71.8 Å². The lowest BCUT2D eigenvalue weighted by molar-refractivity contribution is -0.131. The van der Waals surface area contributed by atoms with Gasteiger partial charge in [-0.2, -0.15) is 0 Å². The quantitative estimate of drug-likeness (QED) is 0.526. The van der Waals surface area contributed by atoms with Crippen LogP contribution < -0.4 is 5.84 Å². The van der Waals surface area contributed by atoms with Gasteiger partial charge in [0.1, 0.15) is 5.41 Å². The predicted molar refractivity (Wildman–Crippen MR) is 89.8 cm³/mol. The number of benzene rings is 2. The topological polar surface area (TPSA) is 46.3 Å². The van der Waals surface area contributed by atoms with Crippen LogP contribution in [0.5, 0.6) is 0 Å². The van der Waals surface area contributed by atoms with E-state index in [-0.39, 0.29) is 5.91 Å². The summed E-state index contributed by atoms with van der Waals surface area (Å²) in [4.78, 5) is 13.0. The maximum Gasteiger partial charge on any atom is 0.258 e. The molecule has 0 aromatic heterocycles. The van der Waals surface area contributed by atoms with Gasteiger partial charge in [-0.1, -0.05) is 84.6 Å². The summed E-state index contributed by atoms with van der Waals surface area (Å²) >= 11 is 6.59. The number of hydrazine groups is 1. The molecular formula is C16H14N2OS2. The van der Waals surface area contributed by atoms with Crippen LogP contribution in [0.2, 0.25) is 0 Å². The average Bonchev–Trinajstić information content (AvgIpc) is 2.55. The minimum absolute atomic E-state index is 0.177. The van der Waals surface area contributed by atoms with E-state index < -0.39 is 5.41 Å². The fraction of sp³-hybridized carbons (Fsp3) is 0.125. The van der Waals surface area contributed by atoms with Gasteiger partial charge >= 0.3 is 0 Å². The van der Waals surface area contributed by atoms with Crippen molar-refractivity contribution in [3.8, 4) is 0 Å². The van der Waals surface area contributed by atoms with Crippen molar-refractivity contribution in [2.24, 2.45) is 5.84 Å². The lowest BCUT2D eigenvalue weighted by atomic mass is 9.75. The summed E-state index contributed by atoms with van der Waals surface area (Å²) in [6, 6.07) is 19.5. The highest BCUT2D eigenvalue weighted by Crippen LogP contribution is 2.40. The second kappa shape index (κ2) is 5.60. The number of nitrogens with two attached hydrogens (primary N) is 1. The molecule has 1 heterocycles. The minimum Gasteiger partial charge on any atom is -0.272 e. The molecule has 2 N–H and O–H groups in total. The van der Waals surface area contributed by atoms with E-state index in [4.69, 9.17) is 18.1 Å². The Morgan fingerprint density at radius 2 is 1.48 bits per heavy atom. The van der Waals surface area contributed by atoms with Crippen molar-refractivity contribution in [1.29, 1.82) is 0 Å². The molecule has 106 valence electrons. The number of hydrogen-bond donors (Lipinski definition) is 1. The zero-order valence-electron chi connectivity index (χ0n) is 11.2. The molecular weight excluding hydrogens is 300 g/mol. The van der Waals surface area contributed by atoms with Gasteiger partial charge in [-0.3, -0.25) is 4.79 Å². The Morgan fingerprint density at radius 3 is 1.95 bits per heavy atom. The van der Waals surface area contributed by atoms with Gasteiger partial charge in [0.05, 0.1) is 0 Å². The Kier molecular flexibility index (Phi) is 3.80. The van der Waals surface area contributed by atoms with Gasteiger partial charge in [0, 0.05) is 5.75 Å². The Balaban J connectivity index is 2.22. The van der Waals surface area contributed by atoms with Crippen molar-refractivity contribution >= 4 is 34.2 Å². The zero-order chi connectivity index (χ0) is 14.9. The monoisotopic (exact) mass is 314 g/mol. The van der Waals surface area contributed by atoms with Crippen molar-refractivity contribution in [3.63, 3.8) is 0 Å². The van der Waals surface area contributed by atoms with E-state index in [1.165, 1.54) is 11.8 Å². The molecule has 0 unspecified atom stereocenters. The van der Waals surface area contributed by atoms with Crippen LogP contribution in [0.15, 0.2) is 60.7 Å². The molecule has 0 saturated carbocycles.